The fourth-order valence-electron chi connectivity index (χ4n) is 1.98. The first-order chi connectivity index (χ1) is 6.98. The molecule has 0 amide bonds. The standard InChI is InChI=1S/C14H18O/c1-10-8-11-6-5-7-12(14(2,3)4)13(11)15-9-10/h5-7H,1,8-9H2,2-4H3. The molecule has 0 atom stereocenters. The van der Waals surface area contributed by atoms with Gasteiger partial charge >= 0.3 is 0 Å². The van der Waals surface area contributed by atoms with Gasteiger partial charge in [-0.05, 0) is 22.1 Å². The van der Waals surface area contributed by atoms with Gasteiger partial charge in [0, 0.05) is 6.42 Å². The molecule has 2 rings (SSSR count). The van der Waals surface area contributed by atoms with E-state index < -0.39 is 0 Å². The zero-order valence-electron chi connectivity index (χ0n) is 9.76. The van der Waals surface area contributed by atoms with Gasteiger partial charge in [0.25, 0.3) is 0 Å². The Hall–Kier alpha value is -1.24. The summed E-state index contributed by atoms with van der Waals surface area (Å²) in [5.74, 6) is 1.08. The molecule has 0 spiro atoms. The average molecular weight is 202 g/mol. The summed E-state index contributed by atoms with van der Waals surface area (Å²) in [4.78, 5) is 0. The molecule has 0 radical (unpaired) electrons. The monoisotopic (exact) mass is 202 g/mol. The van der Waals surface area contributed by atoms with Crippen molar-refractivity contribution in [3.8, 4) is 5.75 Å². The lowest BCUT2D eigenvalue weighted by Crippen LogP contribution is -2.18. The van der Waals surface area contributed by atoms with Crippen LogP contribution in [0.3, 0.4) is 0 Å². The molecule has 1 aliphatic heterocycles. The van der Waals surface area contributed by atoms with Crippen LogP contribution in [0, 0.1) is 0 Å². The van der Waals surface area contributed by atoms with E-state index in [1.807, 2.05) is 0 Å². The molecule has 0 aliphatic carbocycles. The van der Waals surface area contributed by atoms with Gasteiger partial charge in [-0.25, -0.2) is 0 Å². The van der Waals surface area contributed by atoms with Gasteiger partial charge in [0.05, 0.1) is 0 Å². The predicted molar refractivity (Wildman–Crippen MR) is 63.5 cm³/mol. The molecular formula is C14H18O. The number of hydrogen-bond donors (Lipinski definition) is 0. The summed E-state index contributed by atoms with van der Waals surface area (Å²) in [5, 5.41) is 0. The molecule has 1 heterocycles. The Balaban J connectivity index is 2.51. The Bertz CT molecular complexity index is 396. The van der Waals surface area contributed by atoms with Crippen molar-refractivity contribution in [1.29, 1.82) is 0 Å². The summed E-state index contributed by atoms with van der Waals surface area (Å²) in [6.45, 7) is 11.3. The van der Waals surface area contributed by atoms with E-state index in [4.69, 9.17) is 4.74 Å². The zero-order valence-corrected chi connectivity index (χ0v) is 9.76. The first kappa shape index (κ1) is 10.3. The third-order valence-electron chi connectivity index (χ3n) is 2.77. The zero-order chi connectivity index (χ0) is 11.1. The van der Waals surface area contributed by atoms with Gasteiger partial charge in [-0.15, -0.1) is 0 Å². The summed E-state index contributed by atoms with van der Waals surface area (Å²) >= 11 is 0. The number of fused-ring (bicyclic) bond motifs is 1. The Morgan fingerprint density at radius 2 is 2.00 bits per heavy atom. The Labute approximate surface area is 91.8 Å². The first-order valence-corrected chi connectivity index (χ1v) is 5.40. The smallest absolute Gasteiger partial charge is 0.127 e. The molecule has 80 valence electrons. The minimum Gasteiger partial charge on any atom is -0.489 e. The molecule has 0 fully saturated rings. The molecule has 0 saturated heterocycles. The van der Waals surface area contributed by atoms with Crippen molar-refractivity contribution in [2.75, 3.05) is 6.61 Å². The lowest BCUT2D eigenvalue weighted by Gasteiger charge is -2.28. The highest BCUT2D eigenvalue weighted by molar-refractivity contribution is 5.48. The molecule has 1 nitrogen and oxygen atoms in total. The average Bonchev–Trinajstić information content (AvgIpc) is 2.15. The van der Waals surface area contributed by atoms with E-state index in [0.29, 0.717) is 6.61 Å². The quantitative estimate of drug-likeness (QED) is 0.585. The van der Waals surface area contributed by atoms with Crippen LogP contribution in [0.25, 0.3) is 0 Å². The third kappa shape index (κ3) is 1.92. The number of benzene rings is 1. The second-order valence-electron chi connectivity index (χ2n) is 5.26. The molecule has 1 aromatic rings. The van der Waals surface area contributed by atoms with Crippen molar-refractivity contribution in [3.63, 3.8) is 0 Å². The van der Waals surface area contributed by atoms with Crippen molar-refractivity contribution < 1.29 is 4.74 Å². The Morgan fingerprint density at radius 1 is 1.27 bits per heavy atom. The van der Waals surface area contributed by atoms with Crippen molar-refractivity contribution in [3.05, 3.63) is 41.5 Å². The van der Waals surface area contributed by atoms with Gasteiger partial charge in [0.1, 0.15) is 12.4 Å². The van der Waals surface area contributed by atoms with E-state index >= 15 is 0 Å². The van der Waals surface area contributed by atoms with Crippen molar-refractivity contribution in [2.45, 2.75) is 32.6 Å². The lowest BCUT2D eigenvalue weighted by molar-refractivity contribution is 0.322. The molecule has 1 aliphatic rings. The van der Waals surface area contributed by atoms with Crippen LogP contribution in [0.15, 0.2) is 30.4 Å². The molecule has 0 saturated carbocycles. The van der Waals surface area contributed by atoms with Crippen LogP contribution >= 0.6 is 0 Å². The minimum atomic E-state index is 0.143. The number of rotatable bonds is 0. The molecule has 0 N–H and O–H groups in total. The Kier molecular flexibility index (Phi) is 2.34. The second kappa shape index (κ2) is 3.41. The minimum absolute atomic E-state index is 0.143. The predicted octanol–water partition coefficient (Wildman–Crippen LogP) is 3.48. The summed E-state index contributed by atoms with van der Waals surface area (Å²) in [5.41, 5.74) is 3.88. The molecular weight excluding hydrogens is 184 g/mol. The van der Waals surface area contributed by atoms with Crippen LogP contribution in [0.4, 0.5) is 0 Å². The van der Waals surface area contributed by atoms with E-state index in [1.54, 1.807) is 0 Å². The van der Waals surface area contributed by atoms with E-state index in [2.05, 4.69) is 45.5 Å². The van der Waals surface area contributed by atoms with E-state index in [1.165, 1.54) is 11.1 Å². The van der Waals surface area contributed by atoms with Gasteiger partial charge in [-0.3, -0.25) is 0 Å². The van der Waals surface area contributed by atoms with Crippen molar-refractivity contribution in [2.24, 2.45) is 0 Å². The SMILES string of the molecule is C=C1COc2c(cccc2C(C)(C)C)C1. The number of hydrogen-bond acceptors (Lipinski definition) is 1. The maximum absolute atomic E-state index is 5.79. The molecule has 1 aromatic carbocycles. The van der Waals surface area contributed by atoms with Crippen LogP contribution in [-0.2, 0) is 11.8 Å². The van der Waals surface area contributed by atoms with E-state index in [9.17, 15) is 0 Å². The first-order valence-electron chi connectivity index (χ1n) is 5.40. The fraction of sp³-hybridized carbons (Fsp3) is 0.429. The maximum Gasteiger partial charge on any atom is 0.127 e. The van der Waals surface area contributed by atoms with Crippen LogP contribution in [-0.4, -0.2) is 6.61 Å². The van der Waals surface area contributed by atoms with Crippen LogP contribution < -0.4 is 4.74 Å². The molecule has 1 heteroatoms. The number of para-hydroxylation sites is 1. The highest BCUT2D eigenvalue weighted by Crippen LogP contribution is 2.37. The van der Waals surface area contributed by atoms with Crippen molar-refractivity contribution >= 4 is 0 Å². The van der Waals surface area contributed by atoms with Crippen LogP contribution in [0.1, 0.15) is 31.9 Å². The van der Waals surface area contributed by atoms with Gasteiger partial charge in [0.2, 0.25) is 0 Å². The van der Waals surface area contributed by atoms with Gasteiger partial charge < -0.3 is 4.74 Å². The largest absolute Gasteiger partial charge is 0.489 e. The highest BCUT2D eigenvalue weighted by Gasteiger charge is 2.23. The topological polar surface area (TPSA) is 9.23 Å². The van der Waals surface area contributed by atoms with Crippen LogP contribution in [0.5, 0.6) is 5.75 Å². The van der Waals surface area contributed by atoms with Gasteiger partial charge in [-0.1, -0.05) is 45.5 Å². The molecule has 15 heavy (non-hydrogen) atoms. The highest BCUT2D eigenvalue weighted by atomic mass is 16.5. The summed E-state index contributed by atoms with van der Waals surface area (Å²) in [6.07, 6.45) is 0.958. The normalized spacial score (nSPS) is 15.8. The second-order valence-corrected chi connectivity index (χ2v) is 5.26. The van der Waals surface area contributed by atoms with Crippen molar-refractivity contribution in [1.82, 2.24) is 0 Å². The number of ether oxygens (including phenoxy) is 1. The Morgan fingerprint density at radius 3 is 2.67 bits per heavy atom. The van der Waals surface area contributed by atoms with E-state index in [-0.39, 0.29) is 5.41 Å². The summed E-state index contributed by atoms with van der Waals surface area (Å²) < 4.78 is 5.79. The lowest BCUT2D eigenvalue weighted by atomic mass is 9.84. The molecule has 0 bridgehead atoms. The van der Waals surface area contributed by atoms with Gasteiger partial charge in [-0.2, -0.15) is 0 Å². The summed E-state index contributed by atoms with van der Waals surface area (Å²) in [7, 11) is 0. The fourth-order valence-corrected chi connectivity index (χ4v) is 1.98. The summed E-state index contributed by atoms with van der Waals surface area (Å²) in [6, 6.07) is 6.41. The van der Waals surface area contributed by atoms with Crippen LogP contribution in [0.2, 0.25) is 0 Å². The molecule has 0 unspecified atom stereocenters. The maximum atomic E-state index is 5.79. The molecule has 0 aromatic heterocycles. The van der Waals surface area contributed by atoms with Gasteiger partial charge in [0.15, 0.2) is 0 Å². The van der Waals surface area contributed by atoms with E-state index in [0.717, 1.165) is 17.7 Å². The third-order valence-corrected chi connectivity index (χ3v) is 2.77.